The van der Waals surface area contributed by atoms with Crippen molar-refractivity contribution in [3.8, 4) is 0 Å². The lowest BCUT2D eigenvalue weighted by Gasteiger charge is -2.35. The molecule has 6 heteroatoms. The summed E-state index contributed by atoms with van der Waals surface area (Å²) in [4.78, 5) is 17.4. The van der Waals surface area contributed by atoms with E-state index in [-0.39, 0.29) is 10.8 Å². The number of piperazine rings is 1. The Morgan fingerprint density at radius 3 is 2.37 bits per heavy atom. The average molecular weight is 423 g/mol. The zero-order valence-corrected chi connectivity index (χ0v) is 18.2. The molecule has 0 N–H and O–H groups in total. The van der Waals surface area contributed by atoms with Crippen molar-refractivity contribution in [1.82, 2.24) is 9.80 Å². The van der Waals surface area contributed by atoms with Gasteiger partial charge in [-0.25, -0.2) is 8.42 Å². The monoisotopic (exact) mass is 422 g/mol. The van der Waals surface area contributed by atoms with Gasteiger partial charge in [0.1, 0.15) is 0 Å². The smallest absolute Gasteiger partial charge is 0.254 e. The standard InChI is InChI=1S/C24H26N2O3S/c1-18-10-11-21(30(2,28)29)16-23(18)24(27)26-14-12-25(13-15-26)17-20-8-5-7-19-6-3-4-9-22(19)20/h3-11,16H,12-15,17H2,1-2H3. The van der Waals surface area contributed by atoms with E-state index in [0.717, 1.165) is 31.5 Å². The third kappa shape index (κ3) is 4.25. The summed E-state index contributed by atoms with van der Waals surface area (Å²) >= 11 is 0. The molecule has 0 atom stereocenters. The number of rotatable bonds is 4. The lowest BCUT2D eigenvalue weighted by molar-refractivity contribution is 0.0628. The first kappa shape index (κ1) is 20.6. The van der Waals surface area contributed by atoms with E-state index in [0.29, 0.717) is 18.7 Å². The molecule has 0 unspecified atom stereocenters. The molecule has 1 aliphatic rings. The third-order valence-electron chi connectivity index (χ3n) is 5.80. The topological polar surface area (TPSA) is 57.7 Å². The van der Waals surface area contributed by atoms with Crippen molar-refractivity contribution in [1.29, 1.82) is 0 Å². The van der Waals surface area contributed by atoms with Crippen LogP contribution in [0, 0.1) is 6.92 Å². The predicted octanol–water partition coefficient (Wildman–Crippen LogP) is 3.51. The predicted molar refractivity (Wildman–Crippen MR) is 119 cm³/mol. The molecule has 1 heterocycles. The highest BCUT2D eigenvalue weighted by molar-refractivity contribution is 7.90. The van der Waals surface area contributed by atoms with Gasteiger partial charge in [-0.2, -0.15) is 0 Å². The quantitative estimate of drug-likeness (QED) is 0.646. The van der Waals surface area contributed by atoms with Gasteiger partial charge >= 0.3 is 0 Å². The molecule has 0 spiro atoms. The molecule has 1 fully saturated rings. The van der Waals surface area contributed by atoms with E-state index in [2.05, 4.69) is 47.4 Å². The highest BCUT2D eigenvalue weighted by Crippen LogP contribution is 2.22. The van der Waals surface area contributed by atoms with Crippen LogP contribution in [-0.2, 0) is 16.4 Å². The van der Waals surface area contributed by atoms with Crippen LogP contribution in [0.4, 0.5) is 0 Å². The van der Waals surface area contributed by atoms with Gasteiger partial charge in [-0.15, -0.1) is 0 Å². The lowest BCUT2D eigenvalue weighted by Crippen LogP contribution is -2.48. The second-order valence-electron chi connectivity index (χ2n) is 7.96. The molecule has 0 saturated carbocycles. The molecule has 1 aliphatic heterocycles. The highest BCUT2D eigenvalue weighted by atomic mass is 32.2. The van der Waals surface area contributed by atoms with E-state index < -0.39 is 9.84 Å². The van der Waals surface area contributed by atoms with Gasteiger partial charge in [0.25, 0.3) is 5.91 Å². The van der Waals surface area contributed by atoms with Crippen molar-refractivity contribution in [3.63, 3.8) is 0 Å². The molecular formula is C24H26N2O3S. The lowest BCUT2D eigenvalue weighted by atomic mass is 10.0. The summed E-state index contributed by atoms with van der Waals surface area (Å²) in [5, 5.41) is 2.51. The van der Waals surface area contributed by atoms with Crippen molar-refractivity contribution >= 4 is 26.5 Å². The van der Waals surface area contributed by atoms with Crippen molar-refractivity contribution < 1.29 is 13.2 Å². The maximum atomic E-state index is 13.1. The van der Waals surface area contributed by atoms with Crippen LogP contribution in [0.1, 0.15) is 21.5 Å². The van der Waals surface area contributed by atoms with Gasteiger partial charge in [0, 0.05) is 44.5 Å². The zero-order chi connectivity index (χ0) is 21.3. The summed E-state index contributed by atoms with van der Waals surface area (Å²) in [6.45, 7) is 5.54. The Labute approximate surface area is 177 Å². The molecule has 30 heavy (non-hydrogen) atoms. The second kappa shape index (κ2) is 8.20. The number of amides is 1. The van der Waals surface area contributed by atoms with Gasteiger partial charge < -0.3 is 4.90 Å². The van der Waals surface area contributed by atoms with Crippen molar-refractivity contribution in [2.24, 2.45) is 0 Å². The molecular weight excluding hydrogens is 396 g/mol. The van der Waals surface area contributed by atoms with Crippen LogP contribution in [0.15, 0.2) is 65.6 Å². The number of nitrogens with zero attached hydrogens (tertiary/aromatic N) is 2. The van der Waals surface area contributed by atoms with Crippen LogP contribution < -0.4 is 0 Å². The Morgan fingerprint density at radius 2 is 1.63 bits per heavy atom. The van der Waals surface area contributed by atoms with Crippen LogP contribution in [-0.4, -0.2) is 56.6 Å². The first-order valence-electron chi connectivity index (χ1n) is 10.1. The summed E-state index contributed by atoms with van der Waals surface area (Å²) in [6, 6.07) is 19.6. The molecule has 5 nitrogen and oxygen atoms in total. The molecule has 3 aromatic rings. The molecule has 3 aromatic carbocycles. The maximum absolute atomic E-state index is 13.1. The van der Waals surface area contributed by atoms with Gasteiger partial charge in [-0.05, 0) is 41.0 Å². The van der Waals surface area contributed by atoms with Crippen LogP contribution in [0.25, 0.3) is 10.8 Å². The molecule has 0 aromatic heterocycles. The summed E-state index contributed by atoms with van der Waals surface area (Å²) in [5.41, 5.74) is 2.57. The number of aryl methyl sites for hydroxylation is 1. The number of carbonyl (C=O) groups is 1. The van der Waals surface area contributed by atoms with E-state index >= 15 is 0 Å². The van der Waals surface area contributed by atoms with Crippen molar-refractivity contribution in [2.75, 3.05) is 32.4 Å². The Hall–Kier alpha value is -2.70. The Morgan fingerprint density at radius 1 is 0.933 bits per heavy atom. The molecule has 156 valence electrons. The first-order valence-corrected chi connectivity index (χ1v) is 12.0. The van der Waals surface area contributed by atoms with E-state index in [4.69, 9.17) is 0 Å². The molecule has 1 amide bonds. The minimum Gasteiger partial charge on any atom is -0.336 e. The Bertz CT molecular complexity index is 1190. The third-order valence-corrected chi connectivity index (χ3v) is 6.91. The summed E-state index contributed by atoms with van der Waals surface area (Å²) < 4.78 is 23.7. The van der Waals surface area contributed by atoms with Crippen LogP contribution in [0.3, 0.4) is 0 Å². The summed E-state index contributed by atoms with van der Waals surface area (Å²) in [6.07, 6.45) is 1.16. The fraction of sp³-hybridized carbons (Fsp3) is 0.292. The SMILES string of the molecule is Cc1ccc(S(C)(=O)=O)cc1C(=O)N1CCN(Cc2cccc3ccccc23)CC1. The number of carbonyl (C=O) groups excluding carboxylic acids is 1. The summed E-state index contributed by atoms with van der Waals surface area (Å²) in [7, 11) is -3.35. The first-order chi connectivity index (χ1) is 14.3. The van der Waals surface area contributed by atoms with E-state index in [1.807, 2.05) is 11.8 Å². The van der Waals surface area contributed by atoms with Gasteiger partial charge in [0.2, 0.25) is 0 Å². The number of sulfone groups is 1. The van der Waals surface area contributed by atoms with Gasteiger partial charge in [0.05, 0.1) is 4.90 Å². The molecule has 1 saturated heterocycles. The molecule has 0 bridgehead atoms. The fourth-order valence-corrected chi connectivity index (χ4v) is 4.66. The van der Waals surface area contributed by atoms with Gasteiger partial charge in [-0.1, -0.05) is 48.5 Å². The van der Waals surface area contributed by atoms with Crippen LogP contribution >= 0.6 is 0 Å². The van der Waals surface area contributed by atoms with Crippen LogP contribution in [0.2, 0.25) is 0 Å². The average Bonchev–Trinajstić information content (AvgIpc) is 2.73. The number of hydrogen-bond acceptors (Lipinski definition) is 4. The molecule has 0 radical (unpaired) electrons. The number of fused-ring (bicyclic) bond motifs is 1. The number of hydrogen-bond donors (Lipinski definition) is 0. The largest absolute Gasteiger partial charge is 0.336 e. The van der Waals surface area contributed by atoms with Gasteiger partial charge in [0.15, 0.2) is 9.84 Å². The van der Waals surface area contributed by atoms with Crippen LogP contribution in [0.5, 0.6) is 0 Å². The zero-order valence-electron chi connectivity index (χ0n) is 17.3. The maximum Gasteiger partial charge on any atom is 0.254 e. The highest BCUT2D eigenvalue weighted by Gasteiger charge is 2.24. The minimum absolute atomic E-state index is 0.0946. The number of benzene rings is 3. The molecule has 4 rings (SSSR count). The summed E-state index contributed by atoms with van der Waals surface area (Å²) in [5.74, 6) is -0.0946. The van der Waals surface area contributed by atoms with Crippen molar-refractivity contribution in [3.05, 3.63) is 77.4 Å². The Kier molecular flexibility index (Phi) is 5.62. The van der Waals surface area contributed by atoms with E-state index in [9.17, 15) is 13.2 Å². The van der Waals surface area contributed by atoms with E-state index in [1.165, 1.54) is 22.4 Å². The normalized spacial score (nSPS) is 15.5. The van der Waals surface area contributed by atoms with Gasteiger partial charge in [-0.3, -0.25) is 9.69 Å². The Balaban J connectivity index is 1.45. The van der Waals surface area contributed by atoms with Crippen molar-refractivity contribution in [2.45, 2.75) is 18.4 Å². The minimum atomic E-state index is -3.35. The van der Waals surface area contributed by atoms with E-state index in [1.54, 1.807) is 12.1 Å². The molecule has 0 aliphatic carbocycles. The fourth-order valence-electron chi connectivity index (χ4n) is 4.01. The second-order valence-corrected chi connectivity index (χ2v) is 9.97.